The van der Waals surface area contributed by atoms with Gasteiger partial charge in [-0.3, -0.25) is 0 Å². The van der Waals surface area contributed by atoms with Crippen LogP contribution >= 0.6 is 0 Å². The van der Waals surface area contributed by atoms with Crippen LogP contribution in [0.15, 0.2) is 78.9 Å². The van der Waals surface area contributed by atoms with E-state index in [0.717, 1.165) is 27.5 Å². The van der Waals surface area contributed by atoms with Gasteiger partial charge in [-0.05, 0) is 39.6 Å². The summed E-state index contributed by atoms with van der Waals surface area (Å²) in [5.41, 5.74) is 2.95. The number of hydrogen-bond acceptors (Lipinski definition) is 2. The van der Waals surface area contributed by atoms with Crippen molar-refractivity contribution in [2.45, 2.75) is 13.2 Å². The number of aliphatic hydroxyl groups excluding tert-OH is 1. The molecule has 0 aliphatic rings. The first-order chi connectivity index (χ1) is 12.3. The number of fused-ring (bicyclic) bond motifs is 2. The predicted octanol–water partition coefficient (Wildman–Crippen LogP) is 5.69. The van der Waals surface area contributed by atoms with Gasteiger partial charge in [0, 0.05) is 12.2 Å². The quantitative estimate of drug-likeness (QED) is 0.488. The highest BCUT2D eigenvalue weighted by Crippen LogP contribution is 2.38. The van der Waals surface area contributed by atoms with Crippen molar-refractivity contribution in [3.8, 4) is 11.1 Å². The Morgan fingerprint density at radius 1 is 0.720 bits per heavy atom. The van der Waals surface area contributed by atoms with Crippen LogP contribution < -0.4 is 0 Å². The van der Waals surface area contributed by atoms with Gasteiger partial charge in [-0.25, -0.2) is 0 Å². The lowest BCUT2D eigenvalue weighted by molar-refractivity contribution is -0.0966. The lowest BCUT2D eigenvalue weighted by Gasteiger charge is -2.19. The molecule has 4 rings (SSSR count). The van der Waals surface area contributed by atoms with Gasteiger partial charge in [0.2, 0.25) is 0 Å². The van der Waals surface area contributed by atoms with Crippen molar-refractivity contribution in [2.75, 3.05) is 6.61 Å². The molecular weight excluding hydrogens is 308 g/mol. The van der Waals surface area contributed by atoms with Crippen LogP contribution in [0, 0.1) is 0 Å². The zero-order chi connectivity index (χ0) is 17.2. The van der Waals surface area contributed by atoms with Crippen molar-refractivity contribution >= 4 is 21.5 Å². The van der Waals surface area contributed by atoms with E-state index in [-0.39, 0.29) is 0 Å². The summed E-state index contributed by atoms with van der Waals surface area (Å²) in [5.74, 6) is 0. The van der Waals surface area contributed by atoms with Crippen LogP contribution in [0.4, 0.5) is 0 Å². The first-order valence-corrected chi connectivity index (χ1v) is 8.59. The van der Waals surface area contributed by atoms with E-state index in [9.17, 15) is 5.11 Å². The first-order valence-electron chi connectivity index (χ1n) is 8.59. The van der Waals surface area contributed by atoms with E-state index in [4.69, 9.17) is 4.74 Å². The minimum absolute atomic E-state index is 0.458. The number of rotatable bonds is 4. The Labute approximate surface area is 147 Å². The summed E-state index contributed by atoms with van der Waals surface area (Å²) in [6, 6.07) is 26.9. The van der Waals surface area contributed by atoms with Gasteiger partial charge in [-0.15, -0.1) is 0 Å². The molecule has 1 atom stereocenters. The molecule has 4 aromatic carbocycles. The fourth-order valence-electron chi connectivity index (χ4n) is 3.50. The van der Waals surface area contributed by atoms with E-state index in [2.05, 4.69) is 48.5 Å². The maximum absolute atomic E-state index is 10.7. The van der Waals surface area contributed by atoms with Crippen molar-refractivity contribution in [3.05, 3.63) is 84.4 Å². The second-order valence-corrected chi connectivity index (χ2v) is 6.08. The molecule has 25 heavy (non-hydrogen) atoms. The summed E-state index contributed by atoms with van der Waals surface area (Å²) >= 11 is 0. The highest BCUT2D eigenvalue weighted by molar-refractivity contribution is 6.01. The summed E-state index contributed by atoms with van der Waals surface area (Å²) in [6.45, 7) is 2.35. The van der Waals surface area contributed by atoms with Gasteiger partial charge in [0.1, 0.15) is 0 Å². The van der Waals surface area contributed by atoms with Crippen molar-refractivity contribution < 1.29 is 9.84 Å². The molecule has 1 unspecified atom stereocenters. The van der Waals surface area contributed by atoms with Gasteiger partial charge in [0.25, 0.3) is 0 Å². The third-order valence-electron chi connectivity index (χ3n) is 4.62. The van der Waals surface area contributed by atoms with Crippen molar-refractivity contribution in [3.63, 3.8) is 0 Å². The molecule has 0 saturated carbocycles. The molecule has 0 aliphatic carbocycles. The summed E-state index contributed by atoms with van der Waals surface area (Å²) in [6.07, 6.45) is -0.954. The Morgan fingerprint density at radius 3 is 2.12 bits per heavy atom. The smallest absolute Gasteiger partial charge is 0.182 e. The van der Waals surface area contributed by atoms with Gasteiger partial charge >= 0.3 is 0 Å². The molecule has 0 radical (unpaired) electrons. The number of aliphatic hydroxyl groups is 1. The fraction of sp³-hybridized carbons (Fsp3) is 0.130. The molecule has 0 heterocycles. The average Bonchev–Trinajstić information content (AvgIpc) is 2.67. The number of ether oxygens (including phenoxy) is 1. The Kier molecular flexibility index (Phi) is 4.22. The molecule has 0 fully saturated rings. The molecule has 2 nitrogen and oxygen atoms in total. The van der Waals surface area contributed by atoms with Crippen LogP contribution in [0.1, 0.15) is 18.8 Å². The lowest BCUT2D eigenvalue weighted by atomic mass is 9.91. The summed E-state index contributed by atoms with van der Waals surface area (Å²) in [5, 5.41) is 15.2. The lowest BCUT2D eigenvalue weighted by Crippen LogP contribution is -2.06. The van der Waals surface area contributed by atoms with Gasteiger partial charge in [-0.2, -0.15) is 0 Å². The van der Waals surface area contributed by atoms with E-state index in [1.807, 2.05) is 37.3 Å². The molecule has 0 bridgehead atoms. The van der Waals surface area contributed by atoms with Crippen molar-refractivity contribution in [2.24, 2.45) is 0 Å². The van der Waals surface area contributed by atoms with E-state index < -0.39 is 6.29 Å². The largest absolute Gasteiger partial charge is 0.364 e. The van der Waals surface area contributed by atoms with Crippen LogP contribution in [-0.4, -0.2) is 11.7 Å². The highest BCUT2D eigenvalue weighted by Gasteiger charge is 2.18. The van der Waals surface area contributed by atoms with Crippen molar-refractivity contribution in [1.29, 1.82) is 0 Å². The zero-order valence-corrected chi connectivity index (χ0v) is 14.1. The number of benzene rings is 4. The summed E-state index contributed by atoms with van der Waals surface area (Å²) in [4.78, 5) is 0. The van der Waals surface area contributed by atoms with Gasteiger partial charge in [-0.1, -0.05) is 78.9 Å². The zero-order valence-electron chi connectivity index (χ0n) is 14.1. The Bertz CT molecular complexity index is 1030. The maximum Gasteiger partial charge on any atom is 0.182 e. The van der Waals surface area contributed by atoms with E-state index in [1.165, 1.54) is 10.8 Å². The molecule has 0 aromatic heterocycles. The van der Waals surface area contributed by atoms with E-state index >= 15 is 0 Å². The second-order valence-electron chi connectivity index (χ2n) is 6.08. The van der Waals surface area contributed by atoms with Crippen LogP contribution in [0.3, 0.4) is 0 Å². The van der Waals surface area contributed by atoms with Crippen LogP contribution in [0.5, 0.6) is 0 Å². The normalized spacial score (nSPS) is 12.6. The van der Waals surface area contributed by atoms with E-state index in [1.54, 1.807) is 0 Å². The third-order valence-corrected chi connectivity index (χ3v) is 4.62. The third kappa shape index (κ3) is 2.80. The monoisotopic (exact) mass is 328 g/mol. The fourth-order valence-corrected chi connectivity index (χ4v) is 3.50. The summed E-state index contributed by atoms with van der Waals surface area (Å²) < 4.78 is 5.57. The summed E-state index contributed by atoms with van der Waals surface area (Å²) in [7, 11) is 0. The molecule has 0 aliphatic heterocycles. The molecule has 0 saturated heterocycles. The number of hydrogen-bond donors (Lipinski definition) is 1. The first kappa shape index (κ1) is 15.8. The molecule has 0 amide bonds. The molecular formula is C23H20O2. The molecule has 4 aromatic rings. The molecule has 1 N–H and O–H groups in total. The van der Waals surface area contributed by atoms with Crippen LogP contribution in [0.2, 0.25) is 0 Å². The van der Waals surface area contributed by atoms with Crippen LogP contribution in [-0.2, 0) is 4.74 Å². The maximum atomic E-state index is 10.7. The highest BCUT2D eigenvalue weighted by atomic mass is 16.6. The van der Waals surface area contributed by atoms with Gasteiger partial charge < -0.3 is 9.84 Å². The van der Waals surface area contributed by atoms with Gasteiger partial charge in [0.05, 0.1) is 0 Å². The molecule has 2 heteroatoms. The Hall–Kier alpha value is -2.68. The average molecular weight is 328 g/mol. The minimum Gasteiger partial charge on any atom is -0.364 e. The standard InChI is InChI=1S/C23H20O2/c1-2-25-23(24)22-19-12-6-4-9-17(19)14-15-21(22)20-13-7-10-16-8-3-5-11-18(16)20/h3-15,23-24H,2H2,1H3. The molecule has 124 valence electrons. The van der Waals surface area contributed by atoms with Crippen molar-refractivity contribution in [1.82, 2.24) is 0 Å². The topological polar surface area (TPSA) is 29.5 Å². The SMILES string of the molecule is CCOC(O)c1c(-c2cccc3ccccc23)ccc2ccccc12. The second kappa shape index (κ2) is 6.67. The predicted molar refractivity (Wildman–Crippen MR) is 103 cm³/mol. The van der Waals surface area contributed by atoms with E-state index in [0.29, 0.717) is 6.61 Å². The van der Waals surface area contributed by atoms with Crippen LogP contribution in [0.25, 0.3) is 32.7 Å². The molecule has 0 spiro atoms. The minimum atomic E-state index is -0.954. The van der Waals surface area contributed by atoms with Gasteiger partial charge in [0.15, 0.2) is 6.29 Å². The Balaban J connectivity index is 2.05. The Morgan fingerprint density at radius 2 is 1.36 bits per heavy atom.